The van der Waals surface area contributed by atoms with Crippen LogP contribution in [0.1, 0.15) is 11.1 Å². The Morgan fingerprint density at radius 2 is 2.00 bits per heavy atom. The van der Waals surface area contributed by atoms with Crippen LogP contribution in [0.2, 0.25) is 0 Å². The molecule has 2 aromatic carbocycles. The van der Waals surface area contributed by atoms with Gasteiger partial charge in [-0.1, -0.05) is 30.3 Å². The van der Waals surface area contributed by atoms with E-state index in [-0.39, 0.29) is 17.7 Å². The normalized spacial score (nSPS) is 10.9. The molecule has 0 saturated heterocycles. The molecule has 0 radical (unpaired) electrons. The topological polar surface area (TPSA) is 117 Å². The van der Waals surface area contributed by atoms with E-state index in [2.05, 4.69) is 15.5 Å². The molecule has 0 spiro atoms. The molecule has 130 valence electrons. The summed E-state index contributed by atoms with van der Waals surface area (Å²) in [6, 6.07) is 14.8. The number of carbonyl (C=O) groups is 1. The Morgan fingerprint density at radius 1 is 1.19 bits per heavy atom. The lowest BCUT2D eigenvalue weighted by Crippen LogP contribution is -2.21. The number of H-pyrrole nitrogens is 1. The van der Waals surface area contributed by atoms with E-state index in [1.54, 1.807) is 18.2 Å². The Kier molecular flexibility index (Phi) is 4.84. The monoisotopic (exact) mass is 350 g/mol. The van der Waals surface area contributed by atoms with Crippen molar-refractivity contribution in [1.82, 2.24) is 10.4 Å². The van der Waals surface area contributed by atoms with Gasteiger partial charge in [-0.05, 0) is 23.1 Å². The van der Waals surface area contributed by atoms with Gasteiger partial charge in [0.25, 0.3) is 11.2 Å². The fourth-order valence-corrected chi connectivity index (χ4v) is 2.44. The van der Waals surface area contributed by atoms with Gasteiger partial charge in [-0.2, -0.15) is 5.10 Å². The van der Waals surface area contributed by atoms with Crippen LogP contribution in [0.4, 0.5) is 5.69 Å². The zero-order valence-corrected chi connectivity index (χ0v) is 13.5. The number of nitrogens with one attached hydrogen (secondary N) is 2. The average Bonchev–Trinajstić information content (AvgIpc) is 2.62. The molecule has 8 nitrogen and oxygen atoms in total. The number of non-ortho nitro benzene ring substituents is 1. The highest BCUT2D eigenvalue weighted by Gasteiger charge is 2.08. The lowest BCUT2D eigenvalue weighted by Gasteiger charge is -2.01. The van der Waals surface area contributed by atoms with Crippen molar-refractivity contribution in [1.29, 1.82) is 0 Å². The molecule has 26 heavy (non-hydrogen) atoms. The Hall–Kier alpha value is -3.81. The number of amides is 1. The third-order valence-corrected chi connectivity index (χ3v) is 3.66. The third kappa shape index (κ3) is 3.99. The smallest absolute Gasteiger partial charge is 0.269 e. The maximum atomic E-state index is 12.0. The average molecular weight is 350 g/mol. The van der Waals surface area contributed by atoms with Crippen molar-refractivity contribution >= 4 is 28.7 Å². The summed E-state index contributed by atoms with van der Waals surface area (Å²) in [5.74, 6) is -0.445. The predicted octanol–water partition coefficient (Wildman–Crippen LogP) is 2.13. The van der Waals surface area contributed by atoms with Crippen LogP contribution in [0, 0.1) is 10.1 Å². The van der Waals surface area contributed by atoms with Crippen LogP contribution in [-0.4, -0.2) is 22.0 Å². The van der Waals surface area contributed by atoms with E-state index in [0.29, 0.717) is 16.6 Å². The van der Waals surface area contributed by atoms with Gasteiger partial charge < -0.3 is 4.98 Å². The van der Waals surface area contributed by atoms with Crippen LogP contribution in [0.15, 0.2) is 64.5 Å². The minimum absolute atomic E-state index is 0.0624. The second kappa shape index (κ2) is 7.39. The van der Waals surface area contributed by atoms with Crippen molar-refractivity contribution in [3.8, 4) is 0 Å². The van der Waals surface area contributed by atoms with Gasteiger partial charge in [0.2, 0.25) is 5.91 Å². The molecule has 3 rings (SSSR count). The summed E-state index contributed by atoms with van der Waals surface area (Å²) in [5, 5.41) is 15.4. The molecule has 0 fully saturated rings. The number of carbonyl (C=O) groups excluding carboxylic acids is 1. The minimum Gasteiger partial charge on any atom is -0.321 e. The Bertz CT molecular complexity index is 1070. The van der Waals surface area contributed by atoms with E-state index in [0.717, 1.165) is 5.39 Å². The number of para-hydroxylation sites is 1. The van der Waals surface area contributed by atoms with E-state index in [1.165, 1.54) is 24.4 Å². The Morgan fingerprint density at radius 3 is 2.81 bits per heavy atom. The van der Waals surface area contributed by atoms with Crippen LogP contribution in [0.3, 0.4) is 0 Å². The van der Waals surface area contributed by atoms with Gasteiger partial charge in [-0.15, -0.1) is 0 Å². The standard InChI is InChI=1S/C18H14N4O4/c23-17(9-12-4-3-6-15(8-12)22(25)26)21-19-11-14-10-13-5-1-2-7-16(13)20-18(14)24/h1-8,10-11H,9H2,(H,20,24)(H,21,23). The zero-order chi connectivity index (χ0) is 18.5. The summed E-state index contributed by atoms with van der Waals surface area (Å²) in [6.07, 6.45) is 1.20. The van der Waals surface area contributed by atoms with Crippen LogP contribution < -0.4 is 11.0 Å². The molecular formula is C18H14N4O4. The first-order chi connectivity index (χ1) is 12.5. The molecule has 0 aliphatic carbocycles. The number of hydrazone groups is 1. The highest BCUT2D eigenvalue weighted by molar-refractivity contribution is 5.88. The van der Waals surface area contributed by atoms with E-state index >= 15 is 0 Å². The van der Waals surface area contributed by atoms with E-state index in [1.807, 2.05) is 18.2 Å². The lowest BCUT2D eigenvalue weighted by molar-refractivity contribution is -0.384. The minimum atomic E-state index is -0.522. The number of nitrogens with zero attached hydrogens (tertiary/aromatic N) is 2. The second-order valence-electron chi connectivity index (χ2n) is 5.54. The molecule has 0 unspecified atom stereocenters. The molecule has 0 atom stereocenters. The van der Waals surface area contributed by atoms with Crippen molar-refractivity contribution < 1.29 is 9.72 Å². The molecular weight excluding hydrogens is 336 g/mol. The summed E-state index contributed by atoms with van der Waals surface area (Å²) in [5.41, 5.74) is 3.42. The number of pyridine rings is 1. The van der Waals surface area contributed by atoms with Gasteiger partial charge in [-0.3, -0.25) is 19.7 Å². The largest absolute Gasteiger partial charge is 0.321 e. The lowest BCUT2D eigenvalue weighted by atomic mass is 10.1. The molecule has 1 aromatic heterocycles. The Labute approximate surface area is 147 Å². The maximum Gasteiger partial charge on any atom is 0.269 e. The molecule has 8 heteroatoms. The summed E-state index contributed by atoms with van der Waals surface area (Å²) >= 11 is 0. The first-order valence-corrected chi connectivity index (χ1v) is 7.70. The number of fused-ring (bicyclic) bond motifs is 1. The van der Waals surface area contributed by atoms with E-state index in [4.69, 9.17) is 0 Å². The molecule has 1 heterocycles. The molecule has 0 saturated carbocycles. The van der Waals surface area contributed by atoms with Crippen LogP contribution >= 0.6 is 0 Å². The van der Waals surface area contributed by atoms with Gasteiger partial charge in [0.15, 0.2) is 0 Å². The fraction of sp³-hybridized carbons (Fsp3) is 0.0556. The fourth-order valence-electron chi connectivity index (χ4n) is 2.44. The van der Waals surface area contributed by atoms with Gasteiger partial charge >= 0.3 is 0 Å². The van der Waals surface area contributed by atoms with Crippen molar-refractivity contribution in [2.45, 2.75) is 6.42 Å². The van der Waals surface area contributed by atoms with Crippen molar-refractivity contribution in [2.24, 2.45) is 5.10 Å². The van der Waals surface area contributed by atoms with Crippen LogP contribution in [0.25, 0.3) is 10.9 Å². The number of rotatable bonds is 5. The number of nitro benzene ring substituents is 1. The predicted molar refractivity (Wildman–Crippen MR) is 97.1 cm³/mol. The van der Waals surface area contributed by atoms with Gasteiger partial charge in [0.1, 0.15) is 0 Å². The number of aromatic amines is 1. The molecule has 3 aromatic rings. The summed E-state index contributed by atoms with van der Waals surface area (Å²) in [7, 11) is 0. The number of hydrogen-bond acceptors (Lipinski definition) is 5. The summed E-state index contributed by atoms with van der Waals surface area (Å²) in [6.45, 7) is 0. The number of benzene rings is 2. The molecule has 0 aliphatic rings. The van der Waals surface area contributed by atoms with Crippen LogP contribution in [0.5, 0.6) is 0 Å². The highest BCUT2D eigenvalue weighted by Crippen LogP contribution is 2.13. The first-order valence-electron chi connectivity index (χ1n) is 7.70. The van der Waals surface area contributed by atoms with Crippen molar-refractivity contribution in [2.75, 3.05) is 0 Å². The zero-order valence-electron chi connectivity index (χ0n) is 13.5. The maximum absolute atomic E-state index is 12.0. The van der Waals surface area contributed by atoms with Gasteiger partial charge in [0.05, 0.1) is 23.1 Å². The Balaban J connectivity index is 1.68. The SMILES string of the molecule is O=C(Cc1cccc([N+](=O)[O-])c1)NN=Cc1cc2ccccc2[nH]c1=O. The number of aromatic nitrogens is 1. The molecule has 2 N–H and O–H groups in total. The van der Waals surface area contributed by atoms with E-state index < -0.39 is 10.8 Å². The number of hydrogen-bond donors (Lipinski definition) is 2. The molecule has 1 amide bonds. The highest BCUT2D eigenvalue weighted by atomic mass is 16.6. The first kappa shape index (κ1) is 17.0. The third-order valence-electron chi connectivity index (χ3n) is 3.66. The molecule has 0 aliphatic heterocycles. The summed E-state index contributed by atoms with van der Waals surface area (Å²) in [4.78, 5) is 36.8. The quantitative estimate of drug-likeness (QED) is 0.416. The summed E-state index contributed by atoms with van der Waals surface area (Å²) < 4.78 is 0. The number of nitro groups is 1. The van der Waals surface area contributed by atoms with Crippen molar-refractivity contribution in [3.05, 3.63) is 86.2 Å². The van der Waals surface area contributed by atoms with E-state index in [9.17, 15) is 19.7 Å². The van der Waals surface area contributed by atoms with Crippen LogP contribution in [-0.2, 0) is 11.2 Å². The van der Waals surface area contributed by atoms with Crippen molar-refractivity contribution in [3.63, 3.8) is 0 Å². The van der Waals surface area contributed by atoms with Gasteiger partial charge in [-0.25, -0.2) is 5.43 Å². The molecule has 0 bridgehead atoms. The van der Waals surface area contributed by atoms with Gasteiger partial charge in [0, 0.05) is 17.6 Å². The second-order valence-corrected chi connectivity index (χ2v) is 5.54.